The standard InChI is InChI=1S/C15H21NS/c1-17-15-8-3-2-7-13(15)14-10-9-12-6-4-5-11-16(12)14/h2-3,7-8,12,14H,4-6,9-11H2,1H3/t12-,14+/m0/s1. The summed E-state index contributed by atoms with van der Waals surface area (Å²) in [5.74, 6) is 0. The van der Waals surface area contributed by atoms with E-state index in [4.69, 9.17) is 0 Å². The molecule has 0 bridgehead atoms. The van der Waals surface area contributed by atoms with E-state index in [-0.39, 0.29) is 0 Å². The van der Waals surface area contributed by atoms with Gasteiger partial charge in [0, 0.05) is 17.0 Å². The molecule has 2 fully saturated rings. The molecule has 2 aliphatic heterocycles. The zero-order valence-electron chi connectivity index (χ0n) is 10.6. The number of thioether (sulfide) groups is 1. The third-order valence-corrected chi connectivity index (χ3v) is 5.16. The lowest BCUT2D eigenvalue weighted by atomic mass is 10.0. The van der Waals surface area contributed by atoms with Crippen LogP contribution in [0, 0.1) is 0 Å². The van der Waals surface area contributed by atoms with Crippen LogP contribution in [0.25, 0.3) is 0 Å². The molecule has 0 N–H and O–H groups in total. The molecule has 0 unspecified atom stereocenters. The predicted molar refractivity (Wildman–Crippen MR) is 74.5 cm³/mol. The van der Waals surface area contributed by atoms with Crippen LogP contribution in [0.3, 0.4) is 0 Å². The van der Waals surface area contributed by atoms with Crippen LogP contribution in [0.1, 0.15) is 43.7 Å². The highest BCUT2D eigenvalue weighted by molar-refractivity contribution is 7.98. The van der Waals surface area contributed by atoms with Crippen LogP contribution >= 0.6 is 11.8 Å². The molecule has 2 aliphatic rings. The van der Waals surface area contributed by atoms with E-state index in [1.165, 1.54) is 43.5 Å². The maximum atomic E-state index is 2.78. The molecule has 92 valence electrons. The van der Waals surface area contributed by atoms with Gasteiger partial charge < -0.3 is 0 Å². The SMILES string of the molecule is CSc1ccccc1[C@H]1CC[C@@H]2CCCCN21. The fraction of sp³-hybridized carbons (Fsp3) is 0.600. The van der Waals surface area contributed by atoms with Gasteiger partial charge >= 0.3 is 0 Å². The summed E-state index contributed by atoms with van der Waals surface area (Å²) in [6.45, 7) is 1.32. The van der Waals surface area contributed by atoms with E-state index in [1.54, 1.807) is 5.56 Å². The highest BCUT2D eigenvalue weighted by Crippen LogP contribution is 2.42. The van der Waals surface area contributed by atoms with Crippen LogP contribution < -0.4 is 0 Å². The molecule has 2 heteroatoms. The Labute approximate surface area is 109 Å². The molecule has 2 heterocycles. The van der Waals surface area contributed by atoms with Gasteiger partial charge in [-0.2, -0.15) is 0 Å². The number of rotatable bonds is 2. The average Bonchev–Trinajstić information content (AvgIpc) is 2.82. The average molecular weight is 247 g/mol. The topological polar surface area (TPSA) is 3.24 Å². The second-order valence-corrected chi connectivity index (χ2v) is 6.07. The lowest BCUT2D eigenvalue weighted by molar-refractivity contribution is 0.148. The number of fused-ring (bicyclic) bond motifs is 1. The van der Waals surface area contributed by atoms with E-state index in [1.807, 2.05) is 11.8 Å². The van der Waals surface area contributed by atoms with Crippen LogP contribution in [0.2, 0.25) is 0 Å². The van der Waals surface area contributed by atoms with Crippen LogP contribution in [-0.4, -0.2) is 23.7 Å². The van der Waals surface area contributed by atoms with Crippen molar-refractivity contribution in [3.05, 3.63) is 29.8 Å². The molecule has 0 amide bonds. The van der Waals surface area contributed by atoms with Crippen LogP contribution in [0.15, 0.2) is 29.2 Å². The van der Waals surface area contributed by atoms with E-state index < -0.39 is 0 Å². The molecule has 0 aliphatic carbocycles. The highest BCUT2D eigenvalue weighted by Gasteiger charge is 2.36. The highest BCUT2D eigenvalue weighted by atomic mass is 32.2. The van der Waals surface area contributed by atoms with Crippen molar-refractivity contribution in [3.63, 3.8) is 0 Å². The van der Waals surface area contributed by atoms with E-state index in [0.29, 0.717) is 6.04 Å². The first-order chi connectivity index (χ1) is 8.40. The van der Waals surface area contributed by atoms with Crippen molar-refractivity contribution in [1.29, 1.82) is 0 Å². The molecular weight excluding hydrogens is 226 g/mol. The van der Waals surface area contributed by atoms with E-state index >= 15 is 0 Å². The normalized spacial score (nSPS) is 29.2. The van der Waals surface area contributed by atoms with Crippen molar-refractivity contribution in [2.45, 2.75) is 49.1 Å². The molecule has 2 saturated heterocycles. The van der Waals surface area contributed by atoms with Gasteiger partial charge in [-0.05, 0) is 50.1 Å². The molecule has 1 aromatic rings. The smallest absolute Gasteiger partial charge is 0.0362 e. The molecule has 0 aromatic heterocycles. The summed E-state index contributed by atoms with van der Waals surface area (Å²) in [5, 5.41) is 0. The van der Waals surface area contributed by atoms with Gasteiger partial charge in [-0.3, -0.25) is 4.90 Å². The molecular formula is C15H21NS. The molecule has 1 aromatic carbocycles. The summed E-state index contributed by atoms with van der Waals surface area (Å²) in [7, 11) is 0. The molecule has 0 radical (unpaired) electrons. The monoisotopic (exact) mass is 247 g/mol. The fourth-order valence-electron chi connectivity index (χ4n) is 3.54. The van der Waals surface area contributed by atoms with Crippen molar-refractivity contribution >= 4 is 11.8 Å². The van der Waals surface area contributed by atoms with Gasteiger partial charge in [-0.25, -0.2) is 0 Å². The maximum Gasteiger partial charge on any atom is 0.0362 e. The molecule has 2 atom stereocenters. The Hall–Kier alpha value is -0.470. The summed E-state index contributed by atoms with van der Waals surface area (Å²) in [6.07, 6.45) is 9.24. The van der Waals surface area contributed by atoms with Gasteiger partial charge in [0.2, 0.25) is 0 Å². The first-order valence-electron chi connectivity index (χ1n) is 6.79. The minimum Gasteiger partial charge on any atom is -0.293 e. The number of benzene rings is 1. The zero-order chi connectivity index (χ0) is 11.7. The summed E-state index contributed by atoms with van der Waals surface area (Å²) in [6, 6.07) is 10.6. The number of hydrogen-bond acceptors (Lipinski definition) is 2. The summed E-state index contributed by atoms with van der Waals surface area (Å²) >= 11 is 1.89. The van der Waals surface area contributed by atoms with Gasteiger partial charge in [0.25, 0.3) is 0 Å². The van der Waals surface area contributed by atoms with Crippen LogP contribution in [-0.2, 0) is 0 Å². The van der Waals surface area contributed by atoms with Gasteiger partial charge in [0.15, 0.2) is 0 Å². The van der Waals surface area contributed by atoms with Crippen molar-refractivity contribution in [3.8, 4) is 0 Å². The van der Waals surface area contributed by atoms with Gasteiger partial charge in [0.05, 0.1) is 0 Å². The summed E-state index contributed by atoms with van der Waals surface area (Å²) < 4.78 is 0. The van der Waals surface area contributed by atoms with Crippen LogP contribution in [0.5, 0.6) is 0 Å². The largest absolute Gasteiger partial charge is 0.293 e. The van der Waals surface area contributed by atoms with Gasteiger partial charge in [0.1, 0.15) is 0 Å². The summed E-state index contributed by atoms with van der Waals surface area (Å²) in [5.41, 5.74) is 1.57. The van der Waals surface area contributed by atoms with E-state index in [2.05, 4.69) is 35.4 Å². The van der Waals surface area contributed by atoms with Gasteiger partial charge in [-0.1, -0.05) is 24.6 Å². The second kappa shape index (κ2) is 5.03. The zero-order valence-corrected chi connectivity index (χ0v) is 11.4. The number of piperidine rings is 1. The fourth-order valence-corrected chi connectivity index (χ4v) is 4.19. The van der Waals surface area contributed by atoms with Crippen LogP contribution in [0.4, 0.5) is 0 Å². The Bertz CT molecular complexity index is 390. The third kappa shape index (κ3) is 2.13. The van der Waals surface area contributed by atoms with Crippen molar-refractivity contribution in [2.75, 3.05) is 12.8 Å². The predicted octanol–water partition coefficient (Wildman–Crippen LogP) is 4.10. The first-order valence-corrected chi connectivity index (χ1v) is 8.01. The Balaban J connectivity index is 1.88. The molecule has 3 rings (SSSR count). The first kappa shape index (κ1) is 11.6. The Morgan fingerprint density at radius 1 is 1.12 bits per heavy atom. The quantitative estimate of drug-likeness (QED) is 0.724. The Morgan fingerprint density at radius 2 is 2.00 bits per heavy atom. The molecule has 17 heavy (non-hydrogen) atoms. The number of nitrogens with zero attached hydrogens (tertiary/aromatic N) is 1. The lowest BCUT2D eigenvalue weighted by Crippen LogP contribution is -2.35. The third-order valence-electron chi connectivity index (χ3n) is 4.34. The summed E-state index contributed by atoms with van der Waals surface area (Å²) in [4.78, 5) is 4.25. The Morgan fingerprint density at radius 3 is 2.88 bits per heavy atom. The maximum absolute atomic E-state index is 2.78. The molecule has 0 saturated carbocycles. The van der Waals surface area contributed by atoms with Crippen molar-refractivity contribution < 1.29 is 0 Å². The lowest BCUT2D eigenvalue weighted by Gasteiger charge is -2.34. The molecule has 1 nitrogen and oxygen atoms in total. The molecule has 0 spiro atoms. The second-order valence-electron chi connectivity index (χ2n) is 5.22. The van der Waals surface area contributed by atoms with E-state index in [0.717, 1.165) is 6.04 Å². The minimum atomic E-state index is 0.698. The number of hydrogen-bond donors (Lipinski definition) is 0. The minimum absolute atomic E-state index is 0.698. The van der Waals surface area contributed by atoms with Gasteiger partial charge in [-0.15, -0.1) is 11.8 Å². The van der Waals surface area contributed by atoms with E-state index in [9.17, 15) is 0 Å². The van der Waals surface area contributed by atoms with Crippen molar-refractivity contribution in [1.82, 2.24) is 4.90 Å². The Kier molecular flexibility index (Phi) is 3.44. The van der Waals surface area contributed by atoms with Crippen molar-refractivity contribution in [2.24, 2.45) is 0 Å².